The number of tetrazole rings is 1. The summed E-state index contributed by atoms with van der Waals surface area (Å²) in [5.74, 6) is 0.571. The summed E-state index contributed by atoms with van der Waals surface area (Å²) in [5.41, 5.74) is 0.914. The predicted molar refractivity (Wildman–Crippen MR) is 60.0 cm³/mol. The molecule has 1 aliphatic rings. The van der Waals surface area contributed by atoms with Crippen LogP contribution in [0.4, 0.5) is 4.79 Å². The number of ether oxygens (including phenoxy) is 1. The maximum atomic E-state index is 11.6. The zero-order valence-corrected chi connectivity index (χ0v) is 9.96. The molecule has 1 amide bonds. The molecule has 2 rings (SSSR count). The number of hydrogen-bond acceptors (Lipinski definition) is 5. The summed E-state index contributed by atoms with van der Waals surface area (Å²) in [4.78, 5) is 14.6. The van der Waals surface area contributed by atoms with Crippen LogP contribution < -0.4 is 0 Å². The second kappa shape index (κ2) is 4.94. The molecule has 0 saturated carbocycles. The summed E-state index contributed by atoms with van der Waals surface area (Å²) >= 11 is 0. The number of hydrogen-bond donors (Lipinski definition) is 0. The first-order valence-corrected chi connectivity index (χ1v) is 5.55. The third kappa shape index (κ3) is 2.61. The van der Waals surface area contributed by atoms with Gasteiger partial charge in [0.05, 0.1) is 20.2 Å². The van der Waals surface area contributed by atoms with E-state index in [4.69, 9.17) is 4.74 Å². The first-order valence-electron chi connectivity index (χ1n) is 5.55. The van der Waals surface area contributed by atoms with Crippen LogP contribution in [0.5, 0.6) is 0 Å². The zero-order chi connectivity index (χ0) is 12.3. The average molecular weight is 237 g/mol. The Kier molecular flexibility index (Phi) is 3.36. The van der Waals surface area contributed by atoms with Gasteiger partial charge in [0, 0.05) is 12.1 Å². The molecule has 0 atom stereocenters. The van der Waals surface area contributed by atoms with E-state index in [1.807, 2.05) is 6.08 Å². The van der Waals surface area contributed by atoms with Gasteiger partial charge in [-0.15, -0.1) is 10.2 Å². The summed E-state index contributed by atoms with van der Waals surface area (Å²) in [6.07, 6.45) is 2.53. The smallest absolute Gasteiger partial charge is 0.410 e. The fourth-order valence-corrected chi connectivity index (χ4v) is 1.69. The van der Waals surface area contributed by atoms with E-state index in [1.54, 1.807) is 18.9 Å². The molecule has 17 heavy (non-hydrogen) atoms. The number of amides is 1. The van der Waals surface area contributed by atoms with Crippen molar-refractivity contribution in [2.24, 2.45) is 7.05 Å². The Balaban J connectivity index is 2.06. The highest BCUT2D eigenvalue weighted by Gasteiger charge is 2.21. The molecule has 0 spiro atoms. The second-order valence-corrected chi connectivity index (χ2v) is 3.74. The van der Waals surface area contributed by atoms with Gasteiger partial charge in [0.15, 0.2) is 0 Å². The first-order chi connectivity index (χ1) is 8.20. The minimum atomic E-state index is -0.290. The van der Waals surface area contributed by atoms with Crippen molar-refractivity contribution >= 4 is 11.7 Å². The van der Waals surface area contributed by atoms with E-state index >= 15 is 0 Å². The van der Waals surface area contributed by atoms with Crippen LogP contribution in [0.25, 0.3) is 5.57 Å². The molecule has 7 nitrogen and oxygen atoms in total. The number of rotatable bonds is 2. The second-order valence-electron chi connectivity index (χ2n) is 3.74. The van der Waals surface area contributed by atoms with E-state index in [0.29, 0.717) is 25.5 Å². The first kappa shape index (κ1) is 11.6. The van der Waals surface area contributed by atoms with Gasteiger partial charge in [-0.1, -0.05) is 6.08 Å². The molecule has 0 aliphatic carbocycles. The van der Waals surface area contributed by atoms with Crippen molar-refractivity contribution in [1.82, 2.24) is 25.1 Å². The van der Waals surface area contributed by atoms with E-state index in [9.17, 15) is 4.79 Å². The maximum absolute atomic E-state index is 11.6. The molecule has 1 aromatic heterocycles. The highest BCUT2D eigenvalue weighted by molar-refractivity contribution is 5.73. The van der Waals surface area contributed by atoms with Crippen molar-refractivity contribution in [2.45, 2.75) is 13.3 Å². The Morgan fingerprint density at radius 3 is 3.06 bits per heavy atom. The van der Waals surface area contributed by atoms with E-state index in [1.165, 1.54) is 4.80 Å². The van der Waals surface area contributed by atoms with Crippen molar-refractivity contribution in [3.8, 4) is 0 Å². The van der Waals surface area contributed by atoms with Gasteiger partial charge < -0.3 is 9.64 Å². The molecular formula is C10H15N5O2. The quantitative estimate of drug-likeness (QED) is 0.747. The van der Waals surface area contributed by atoms with Crippen LogP contribution >= 0.6 is 0 Å². The van der Waals surface area contributed by atoms with Gasteiger partial charge in [0.25, 0.3) is 0 Å². The summed E-state index contributed by atoms with van der Waals surface area (Å²) in [6.45, 7) is 3.33. The monoisotopic (exact) mass is 237 g/mol. The van der Waals surface area contributed by atoms with Gasteiger partial charge in [-0.05, 0) is 18.6 Å². The molecule has 0 N–H and O–H groups in total. The fraction of sp³-hybridized carbons (Fsp3) is 0.600. The molecule has 0 aromatic carbocycles. The lowest BCUT2D eigenvalue weighted by Crippen LogP contribution is -2.36. The molecule has 0 unspecified atom stereocenters. The SMILES string of the molecule is CCOC(=O)N1CCC=C(c2nnn(C)n2)C1. The van der Waals surface area contributed by atoms with Gasteiger partial charge in [-0.3, -0.25) is 0 Å². The standard InChI is InChI=1S/C10H15N5O2/c1-3-17-10(16)15-6-4-5-8(7-15)9-11-13-14(2)12-9/h5H,3-4,6-7H2,1-2H3. The molecule has 1 aromatic rings. The topological polar surface area (TPSA) is 73.1 Å². The number of nitrogens with zero attached hydrogens (tertiary/aromatic N) is 5. The molecule has 0 radical (unpaired) electrons. The van der Waals surface area contributed by atoms with Crippen LogP contribution in [0.1, 0.15) is 19.2 Å². The number of aromatic nitrogens is 4. The number of carbonyl (C=O) groups excluding carboxylic acids is 1. The van der Waals surface area contributed by atoms with Crippen LogP contribution in [0, 0.1) is 0 Å². The largest absolute Gasteiger partial charge is 0.450 e. The lowest BCUT2D eigenvalue weighted by Gasteiger charge is -2.25. The van der Waals surface area contributed by atoms with Crippen LogP contribution in [-0.4, -0.2) is 50.9 Å². The Bertz CT molecular complexity index is 440. The summed E-state index contributed by atoms with van der Waals surface area (Å²) < 4.78 is 4.97. The van der Waals surface area contributed by atoms with Crippen molar-refractivity contribution in [3.63, 3.8) is 0 Å². The van der Waals surface area contributed by atoms with Gasteiger partial charge in [0.1, 0.15) is 0 Å². The lowest BCUT2D eigenvalue weighted by molar-refractivity contribution is 0.111. The maximum Gasteiger partial charge on any atom is 0.410 e. The highest BCUT2D eigenvalue weighted by Crippen LogP contribution is 2.17. The Hall–Kier alpha value is -1.92. The number of aryl methyl sites for hydroxylation is 1. The van der Waals surface area contributed by atoms with Crippen molar-refractivity contribution in [3.05, 3.63) is 11.9 Å². The van der Waals surface area contributed by atoms with Crippen LogP contribution in [0.15, 0.2) is 6.08 Å². The van der Waals surface area contributed by atoms with E-state index in [2.05, 4.69) is 15.4 Å². The average Bonchev–Trinajstić information content (AvgIpc) is 2.76. The van der Waals surface area contributed by atoms with Gasteiger partial charge in [-0.2, -0.15) is 4.80 Å². The molecule has 92 valence electrons. The molecule has 0 fully saturated rings. The Labute approximate surface area is 99.0 Å². The van der Waals surface area contributed by atoms with Crippen LogP contribution in [0.3, 0.4) is 0 Å². The van der Waals surface area contributed by atoms with Gasteiger partial charge in [0.2, 0.25) is 5.82 Å². The van der Waals surface area contributed by atoms with E-state index in [-0.39, 0.29) is 6.09 Å². The van der Waals surface area contributed by atoms with Crippen molar-refractivity contribution in [1.29, 1.82) is 0 Å². The van der Waals surface area contributed by atoms with Crippen molar-refractivity contribution in [2.75, 3.05) is 19.7 Å². The van der Waals surface area contributed by atoms with Gasteiger partial charge >= 0.3 is 6.09 Å². The number of carbonyl (C=O) groups is 1. The van der Waals surface area contributed by atoms with Crippen LogP contribution in [-0.2, 0) is 11.8 Å². The minimum absolute atomic E-state index is 0.290. The molecular weight excluding hydrogens is 222 g/mol. The zero-order valence-electron chi connectivity index (χ0n) is 9.96. The minimum Gasteiger partial charge on any atom is -0.450 e. The Morgan fingerprint density at radius 2 is 2.41 bits per heavy atom. The summed E-state index contributed by atoms with van der Waals surface area (Å²) in [6, 6.07) is 0. The van der Waals surface area contributed by atoms with E-state index < -0.39 is 0 Å². The normalized spacial score (nSPS) is 15.6. The molecule has 2 heterocycles. The third-order valence-electron chi connectivity index (χ3n) is 2.47. The summed E-state index contributed by atoms with van der Waals surface area (Å²) in [7, 11) is 1.71. The fourth-order valence-electron chi connectivity index (χ4n) is 1.69. The molecule has 7 heteroatoms. The third-order valence-corrected chi connectivity index (χ3v) is 2.47. The molecule has 0 bridgehead atoms. The Morgan fingerprint density at radius 1 is 1.59 bits per heavy atom. The van der Waals surface area contributed by atoms with E-state index in [0.717, 1.165) is 12.0 Å². The van der Waals surface area contributed by atoms with Gasteiger partial charge in [-0.25, -0.2) is 4.79 Å². The lowest BCUT2D eigenvalue weighted by atomic mass is 10.1. The van der Waals surface area contributed by atoms with Crippen LogP contribution in [0.2, 0.25) is 0 Å². The molecule has 1 aliphatic heterocycles. The predicted octanol–water partition coefficient (Wildman–Crippen LogP) is 0.456. The van der Waals surface area contributed by atoms with Crippen molar-refractivity contribution < 1.29 is 9.53 Å². The summed E-state index contributed by atoms with van der Waals surface area (Å²) in [5, 5.41) is 11.8. The highest BCUT2D eigenvalue weighted by atomic mass is 16.6. The molecule has 0 saturated heterocycles.